The number of rotatable bonds is 8. The Morgan fingerprint density at radius 3 is 2.66 bits per heavy atom. The van der Waals surface area contributed by atoms with Gasteiger partial charge in [0.1, 0.15) is 16.6 Å². The molecule has 35 heavy (non-hydrogen) atoms. The molecule has 0 fully saturated rings. The van der Waals surface area contributed by atoms with Crippen molar-refractivity contribution >= 4 is 50.0 Å². The standard InChI is InChI=1S/C25H23Cl2N3O4S/c1-15-12-16(2)23(27)21(13-15)34-11-5-7-19-18-6-3-4-8-20(18)29-24(19)25(31)30-35(32,33)17-9-10-28-22(26)14-17/h3-4,6,8-10,12-14,29H,5,7,11H2,1-2H3,(H,30,31). The maximum atomic E-state index is 13.1. The maximum Gasteiger partial charge on any atom is 0.281 e. The Bertz CT molecular complexity index is 1520. The molecule has 2 aromatic carbocycles. The molecule has 2 N–H and O–H groups in total. The molecule has 0 aliphatic rings. The summed E-state index contributed by atoms with van der Waals surface area (Å²) < 4.78 is 33.5. The predicted octanol–water partition coefficient (Wildman–Crippen LogP) is 5.62. The van der Waals surface area contributed by atoms with Crippen LogP contribution in [0.25, 0.3) is 10.9 Å². The summed E-state index contributed by atoms with van der Waals surface area (Å²) in [7, 11) is -4.14. The maximum absolute atomic E-state index is 13.1. The van der Waals surface area contributed by atoms with E-state index in [0.717, 1.165) is 22.0 Å². The number of ether oxygens (including phenoxy) is 1. The minimum Gasteiger partial charge on any atom is -0.492 e. The van der Waals surface area contributed by atoms with Crippen molar-refractivity contribution in [3.63, 3.8) is 0 Å². The van der Waals surface area contributed by atoms with Crippen molar-refractivity contribution < 1.29 is 17.9 Å². The van der Waals surface area contributed by atoms with Gasteiger partial charge in [0.2, 0.25) is 0 Å². The third-order valence-corrected chi connectivity index (χ3v) is 7.49. The molecule has 2 aromatic heterocycles. The number of benzene rings is 2. The van der Waals surface area contributed by atoms with Gasteiger partial charge in [-0.1, -0.05) is 47.5 Å². The quantitative estimate of drug-likeness (QED) is 0.227. The van der Waals surface area contributed by atoms with Crippen LogP contribution >= 0.6 is 23.2 Å². The van der Waals surface area contributed by atoms with Crippen molar-refractivity contribution in [1.29, 1.82) is 0 Å². The lowest BCUT2D eigenvalue weighted by atomic mass is 10.1. The Hall–Kier alpha value is -3.07. The van der Waals surface area contributed by atoms with Gasteiger partial charge in [0.15, 0.2) is 0 Å². The fourth-order valence-corrected chi connectivity index (χ4v) is 5.26. The van der Waals surface area contributed by atoms with Gasteiger partial charge in [-0.15, -0.1) is 0 Å². The highest BCUT2D eigenvalue weighted by Gasteiger charge is 2.24. The highest BCUT2D eigenvalue weighted by atomic mass is 35.5. The summed E-state index contributed by atoms with van der Waals surface area (Å²) in [5, 5.41) is 1.42. The number of H-pyrrole nitrogens is 1. The second-order valence-electron chi connectivity index (χ2n) is 8.12. The van der Waals surface area contributed by atoms with Crippen LogP contribution < -0.4 is 9.46 Å². The monoisotopic (exact) mass is 531 g/mol. The average Bonchev–Trinajstić information content (AvgIpc) is 3.18. The number of fused-ring (bicyclic) bond motifs is 1. The smallest absolute Gasteiger partial charge is 0.281 e. The van der Waals surface area contributed by atoms with Crippen LogP contribution in [0.5, 0.6) is 5.75 Å². The lowest BCUT2D eigenvalue weighted by Gasteiger charge is -2.11. The zero-order valence-electron chi connectivity index (χ0n) is 19.1. The van der Waals surface area contributed by atoms with Crippen LogP contribution in [-0.4, -0.2) is 30.9 Å². The van der Waals surface area contributed by atoms with Gasteiger partial charge >= 0.3 is 0 Å². The SMILES string of the molecule is Cc1cc(C)c(Cl)c(OCCCc2c(C(=O)NS(=O)(=O)c3ccnc(Cl)c3)[nH]c3ccccc23)c1. The molecular formula is C25H23Cl2N3O4S. The van der Waals surface area contributed by atoms with Crippen LogP contribution in [0.4, 0.5) is 0 Å². The summed E-state index contributed by atoms with van der Waals surface area (Å²) in [6.07, 6.45) is 2.33. The number of nitrogens with zero attached hydrogens (tertiary/aromatic N) is 1. The third kappa shape index (κ3) is 5.61. The van der Waals surface area contributed by atoms with E-state index in [2.05, 4.69) is 14.7 Å². The highest BCUT2D eigenvalue weighted by Crippen LogP contribution is 2.30. The first-order valence-electron chi connectivity index (χ1n) is 10.8. The first-order valence-corrected chi connectivity index (χ1v) is 13.1. The number of carbonyl (C=O) groups is 1. The summed E-state index contributed by atoms with van der Waals surface area (Å²) >= 11 is 12.2. The van der Waals surface area contributed by atoms with E-state index in [0.29, 0.717) is 35.8 Å². The summed E-state index contributed by atoms with van der Waals surface area (Å²) in [6, 6.07) is 13.7. The number of amides is 1. The number of halogens is 2. The van der Waals surface area contributed by atoms with Crippen molar-refractivity contribution in [2.75, 3.05) is 6.61 Å². The Morgan fingerprint density at radius 1 is 1.11 bits per heavy atom. The Labute approximate surface area is 213 Å². The zero-order chi connectivity index (χ0) is 25.2. The number of aromatic amines is 1. The number of hydrogen-bond donors (Lipinski definition) is 2. The molecule has 7 nitrogen and oxygen atoms in total. The molecule has 182 valence electrons. The molecule has 4 rings (SSSR count). The second-order valence-corrected chi connectivity index (χ2v) is 10.6. The van der Waals surface area contributed by atoms with E-state index in [-0.39, 0.29) is 15.7 Å². The molecule has 0 spiro atoms. The molecule has 0 bridgehead atoms. The van der Waals surface area contributed by atoms with Crippen LogP contribution in [-0.2, 0) is 16.4 Å². The van der Waals surface area contributed by atoms with E-state index in [1.165, 1.54) is 18.3 Å². The van der Waals surface area contributed by atoms with E-state index in [1.54, 1.807) is 0 Å². The molecule has 0 unspecified atom stereocenters. The number of sulfonamides is 1. The zero-order valence-corrected chi connectivity index (χ0v) is 21.4. The molecule has 0 aliphatic heterocycles. The highest BCUT2D eigenvalue weighted by molar-refractivity contribution is 7.90. The molecule has 1 amide bonds. The van der Waals surface area contributed by atoms with E-state index in [4.69, 9.17) is 27.9 Å². The van der Waals surface area contributed by atoms with Gasteiger partial charge in [0, 0.05) is 17.1 Å². The van der Waals surface area contributed by atoms with E-state index < -0.39 is 15.9 Å². The number of aromatic nitrogens is 2. The fourth-order valence-electron chi connectivity index (χ4n) is 3.88. The fraction of sp³-hybridized carbons (Fsp3) is 0.200. The van der Waals surface area contributed by atoms with Gasteiger partial charge in [0.05, 0.1) is 16.5 Å². The second kappa shape index (κ2) is 10.3. The molecule has 2 heterocycles. The van der Waals surface area contributed by atoms with Crippen LogP contribution in [0.2, 0.25) is 10.2 Å². The average molecular weight is 532 g/mol. The first kappa shape index (κ1) is 25.0. The first-order chi connectivity index (χ1) is 16.7. The van der Waals surface area contributed by atoms with Gasteiger partial charge in [0.25, 0.3) is 15.9 Å². The van der Waals surface area contributed by atoms with Gasteiger partial charge in [-0.2, -0.15) is 0 Å². The van der Waals surface area contributed by atoms with Gasteiger partial charge in [-0.3, -0.25) is 4.79 Å². The molecule has 0 aliphatic carbocycles. The summed E-state index contributed by atoms with van der Waals surface area (Å²) in [5.41, 5.74) is 3.61. The molecular weight excluding hydrogens is 509 g/mol. The number of carbonyl (C=O) groups excluding carboxylic acids is 1. The van der Waals surface area contributed by atoms with Crippen LogP contribution in [0.15, 0.2) is 59.6 Å². The van der Waals surface area contributed by atoms with E-state index >= 15 is 0 Å². The van der Waals surface area contributed by atoms with Gasteiger partial charge in [-0.25, -0.2) is 18.1 Å². The van der Waals surface area contributed by atoms with Gasteiger partial charge < -0.3 is 9.72 Å². The Balaban J connectivity index is 1.54. The number of nitrogens with one attached hydrogen (secondary N) is 2. The molecule has 0 saturated heterocycles. The molecule has 10 heteroatoms. The number of hydrogen-bond acceptors (Lipinski definition) is 5. The van der Waals surface area contributed by atoms with Crippen molar-refractivity contribution in [1.82, 2.24) is 14.7 Å². The summed E-state index contributed by atoms with van der Waals surface area (Å²) in [4.78, 5) is 19.7. The van der Waals surface area contributed by atoms with Crippen molar-refractivity contribution in [3.8, 4) is 5.75 Å². The Morgan fingerprint density at radius 2 is 1.89 bits per heavy atom. The van der Waals surface area contributed by atoms with Crippen LogP contribution in [0.1, 0.15) is 33.6 Å². The van der Waals surface area contributed by atoms with Crippen LogP contribution in [0, 0.1) is 13.8 Å². The number of aryl methyl sites for hydroxylation is 3. The van der Waals surface area contributed by atoms with Crippen molar-refractivity contribution in [2.24, 2.45) is 0 Å². The van der Waals surface area contributed by atoms with Crippen molar-refractivity contribution in [2.45, 2.75) is 31.6 Å². The third-order valence-electron chi connectivity index (χ3n) is 5.47. The minimum atomic E-state index is -4.14. The lowest BCUT2D eigenvalue weighted by molar-refractivity contribution is 0.0976. The molecule has 0 saturated carbocycles. The number of pyridine rings is 1. The summed E-state index contributed by atoms with van der Waals surface area (Å²) in [6.45, 7) is 4.27. The largest absolute Gasteiger partial charge is 0.492 e. The predicted molar refractivity (Wildman–Crippen MR) is 137 cm³/mol. The van der Waals surface area contributed by atoms with E-state index in [1.807, 2.05) is 50.2 Å². The molecule has 0 radical (unpaired) electrons. The van der Waals surface area contributed by atoms with E-state index in [9.17, 15) is 13.2 Å². The lowest BCUT2D eigenvalue weighted by Crippen LogP contribution is -2.31. The minimum absolute atomic E-state index is 0.00975. The van der Waals surface area contributed by atoms with Gasteiger partial charge in [-0.05, 0) is 67.6 Å². The topological polar surface area (TPSA) is 101 Å². The van der Waals surface area contributed by atoms with Crippen molar-refractivity contribution in [3.05, 3.63) is 87.3 Å². The molecule has 0 atom stereocenters. The number of para-hydroxylation sites is 1. The van der Waals surface area contributed by atoms with Crippen LogP contribution in [0.3, 0.4) is 0 Å². The Kier molecular flexibility index (Phi) is 7.35. The normalized spacial score (nSPS) is 11.5. The summed E-state index contributed by atoms with van der Waals surface area (Å²) in [5.74, 6) is -0.148. The molecule has 4 aromatic rings.